The Balaban J connectivity index is 1.98. The zero-order chi connectivity index (χ0) is 16.1. The average Bonchev–Trinajstić information content (AvgIpc) is 2.84. The summed E-state index contributed by atoms with van der Waals surface area (Å²) in [6, 6.07) is 7.42. The number of nitrogens with zero attached hydrogens (tertiary/aromatic N) is 3. The van der Waals surface area contributed by atoms with Crippen LogP contribution in [-0.2, 0) is 4.79 Å². The fraction of sp³-hybridized carbons (Fsp3) is 0.438. The van der Waals surface area contributed by atoms with Crippen molar-refractivity contribution in [3.8, 4) is 0 Å². The van der Waals surface area contributed by atoms with Crippen LogP contribution in [0.15, 0.2) is 29.3 Å². The molecule has 1 N–H and O–H groups in total. The molecule has 0 saturated heterocycles. The summed E-state index contributed by atoms with van der Waals surface area (Å²) in [6.07, 6.45) is 2.29. The molecule has 0 aliphatic carbocycles. The van der Waals surface area contributed by atoms with Crippen LogP contribution in [0.4, 0.5) is 5.69 Å². The van der Waals surface area contributed by atoms with Crippen LogP contribution in [0.2, 0.25) is 0 Å². The van der Waals surface area contributed by atoms with Crippen LogP contribution in [0.5, 0.6) is 0 Å². The zero-order valence-electron chi connectivity index (χ0n) is 13.3. The maximum absolute atomic E-state index is 12.2. The molecule has 2 rings (SSSR count). The van der Waals surface area contributed by atoms with Crippen LogP contribution in [0, 0.1) is 0 Å². The summed E-state index contributed by atoms with van der Waals surface area (Å²) in [5, 5.41) is 2.66. The zero-order valence-corrected chi connectivity index (χ0v) is 13.3. The Morgan fingerprint density at radius 1 is 1.36 bits per heavy atom. The van der Waals surface area contributed by atoms with Gasteiger partial charge in [0, 0.05) is 31.9 Å². The number of nitrogens with one attached hydrogen (secondary N) is 1. The van der Waals surface area contributed by atoms with E-state index >= 15 is 0 Å². The van der Waals surface area contributed by atoms with Gasteiger partial charge in [0.1, 0.15) is 6.54 Å². The second kappa shape index (κ2) is 7.06. The quantitative estimate of drug-likeness (QED) is 0.896. The van der Waals surface area contributed by atoms with Gasteiger partial charge in [-0.15, -0.1) is 0 Å². The molecule has 0 fully saturated rings. The minimum absolute atomic E-state index is 0.0906. The molecule has 1 heterocycles. The van der Waals surface area contributed by atoms with E-state index in [4.69, 9.17) is 0 Å². The summed E-state index contributed by atoms with van der Waals surface area (Å²) in [5.74, 6) is -0.0783. The van der Waals surface area contributed by atoms with Gasteiger partial charge in [0.2, 0.25) is 5.96 Å². The number of guanidine groups is 1. The summed E-state index contributed by atoms with van der Waals surface area (Å²) >= 11 is 0. The summed E-state index contributed by atoms with van der Waals surface area (Å²) in [7, 11) is 3.64. The van der Waals surface area contributed by atoms with Gasteiger partial charge in [0.15, 0.2) is 0 Å². The molecule has 1 aromatic rings. The van der Waals surface area contributed by atoms with Gasteiger partial charge in [0.25, 0.3) is 11.8 Å². The maximum atomic E-state index is 12.2. The number of hydrogen-bond donors (Lipinski definition) is 1. The summed E-state index contributed by atoms with van der Waals surface area (Å²) < 4.78 is 0. The minimum atomic E-state index is -0.261. The molecule has 0 unspecified atom stereocenters. The topological polar surface area (TPSA) is 65.0 Å². The highest BCUT2D eigenvalue weighted by Gasteiger charge is 2.23. The lowest BCUT2D eigenvalue weighted by Gasteiger charge is -2.19. The van der Waals surface area contributed by atoms with E-state index in [1.807, 2.05) is 19.2 Å². The Morgan fingerprint density at radius 2 is 2.05 bits per heavy atom. The van der Waals surface area contributed by atoms with Crippen molar-refractivity contribution in [2.24, 2.45) is 4.99 Å². The average molecular weight is 302 g/mol. The molecule has 1 aromatic carbocycles. The summed E-state index contributed by atoms with van der Waals surface area (Å²) in [5.41, 5.74) is 1.62. The van der Waals surface area contributed by atoms with Crippen molar-refractivity contribution in [2.75, 3.05) is 32.1 Å². The smallest absolute Gasteiger partial charge is 0.257 e. The Hall–Kier alpha value is -2.37. The lowest BCUT2D eigenvalue weighted by atomic mass is 10.2. The maximum Gasteiger partial charge on any atom is 0.257 e. The monoisotopic (exact) mass is 302 g/mol. The first-order valence-electron chi connectivity index (χ1n) is 7.46. The Bertz CT molecular complexity index is 580. The van der Waals surface area contributed by atoms with E-state index in [2.05, 4.69) is 22.1 Å². The van der Waals surface area contributed by atoms with Gasteiger partial charge < -0.3 is 4.90 Å². The molecular weight excluding hydrogens is 280 g/mol. The fourth-order valence-corrected chi connectivity index (χ4v) is 2.16. The lowest BCUT2D eigenvalue weighted by Crippen LogP contribution is -2.41. The van der Waals surface area contributed by atoms with Crippen LogP contribution >= 0.6 is 0 Å². The molecule has 6 heteroatoms. The van der Waals surface area contributed by atoms with Gasteiger partial charge >= 0.3 is 0 Å². The third-order valence-corrected chi connectivity index (χ3v) is 3.70. The molecule has 0 radical (unpaired) electrons. The van der Waals surface area contributed by atoms with Gasteiger partial charge in [-0.2, -0.15) is 0 Å². The predicted octanol–water partition coefficient (Wildman–Crippen LogP) is 1.48. The Morgan fingerprint density at radius 3 is 2.59 bits per heavy atom. The van der Waals surface area contributed by atoms with Crippen LogP contribution < -0.4 is 10.2 Å². The second-order valence-electron chi connectivity index (χ2n) is 5.37. The van der Waals surface area contributed by atoms with Gasteiger partial charge in [-0.05, 0) is 30.7 Å². The van der Waals surface area contributed by atoms with Gasteiger partial charge in [-0.25, -0.2) is 4.99 Å². The van der Waals surface area contributed by atoms with Gasteiger partial charge in [-0.1, -0.05) is 13.3 Å². The number of likely N-dealkylation sites (N-methyl/N-ethyl adjacent to an activating group) is 1. The van der Waals surface area contributed by atoms with Crippen molar-refractivity contribution < 1.29 is 9.59 Å². The second-order valence-corrected chi connectivity index (χ2v) is 5.37. The predicted molar refractivity (Wildman–Crippen MR) is 87.2 cm³/mol. The molecule has 0 saturated carbocycles. The largest absolute Gasteiger partial charge is 0.375 e. The number of rotatable bonds is 5. The Labute approximate surface area is 130 Å². The van der Waals surface area contributed by atoms with E-state index in [1.54, 1.807) is 19.2 Å². The molecule has 22 heavy (non-hydrogen) atoms. The van der Waals surface area contributed by atoms with Crippen LogP contribution in [-0.4, -0.2) is 49.9 Å². The summed E-state index contributed by atoms with van der Waals surface area (Å²) in [6.45, 7) is 3.24. The van der Waals surface area contributed by atoms with Crippen LogP contribution in [0.25, 0.3) is 0 Å². The normalized spacial score (nSPS) is 14.0. The molecule has 0 atom stereocenters. The molecule has 6 nitrogen and oxygen atoms in total. The summed E-state index contributed by atoms with van der Waals surface area (Å²) in [4.78, 5) is 31.0. The molecule has 1 aliphatic rings. The van der Waals surface area contributed by atoms with Crippen molar-refractivity contribution in [1.29, 1.82) is 0 Å². The van der Waals surface area contributed by atoms with Crippen molar-refractivity contribution >= 4 is 23.5 Å². The van der Waals surface area contributed by atoms with E-state index in [1.165, 1.54) is 4.90 Å². The van der Waals surface area contributed by atoms with Crippen molar-refractivity contribution in [3.05, 3.63) is 29.8 Å². The van der Waals surface area contributed by atoms with E-state index in [0.29, 0.717) is 11.5 Å². The SMILES string of the molecule is CCCCN(C)c1ccc(C(=O)NC2=NCC(=O)N2C)cc1. The molecule has 0 spiro atoms. The number of amides is 2. The van der Waals surface area contributed by atoms with Crippen molar-refractivity contribution in [3.63, 3.8) is 0 Å². The number of carbonyl (C=O) groups excluding carboxylic acids is 2. The number of unbranched alkanes of at least 4 members (excludes halogenated alkanes) is 1. The molecule has 118 valence electrons. The van der Waals surface area contributed by atoms with E-state index in [-0.39, 0.29) is 18.4 Å². The Kier molecular flexibility index (Phi) is 5.14. The lowest BCUT2D eigenvalue weighted by molar-refractivity contribution is -0.123. The standard InChI is InChI=1S/C16H22N4O2/c1-4-5-10-19(2)13-8-6-12(7-9-13)15(22)18-16-17-11-14(21)20(16)3/h6-9H,4-5,10-11H2,1-3H3,(H,17,18,22). The van der Waals surface area contributed by atoms with Crippen molar-refractivity contribution in [1.82, 2.24) is 10.2 Å². The van der Waals surface area contributed by atoms with Crippen LogP contribution in [0.1, 0.15) is 30.1 Å². The fourth-order valence-electron chi connectivity index (χ4n) is 2.16. The van der Waals surface area contributed by atoms with Gasteiger partial charge in [-0.3, -0.25) is 19.8 Å². The third kappa shape index (κ3) is 3.63. The highest BCUT2D eigenvalue weighted by molar-refractivity contribution is 6.12. The first-order chi connectivity index (χ1) is 10.5. The van der Waals surface area contributed by atoms with Crippen LogP contribution in [0.3, 0.4) is 0 Å². The highest BCUT2D eigenvalue weighted by atomic mass is 16.2. The molecular formula is C16H22N4O2. The van der Waals surface area contributed by atoms with E-state index in [9.17, 15) is 9.59 Å². The van der Waals surface area contributed by atoms with E-state index in [0.717, 1.165) is 25.1 Å². The molecule has 0 aromatic heterocycles. The number of carbonyl (C=O) groups is 2. The van der Waals surface area contributed by atoms with Crippen molar-refractivity contribution in [2.45, 2.75) is 19.8 Å². The number of benzene rings is 1. The number of anilines is 1. The molecule has 2 amide bonds. The van der Waals surface area contributed by atoms with E-state index < -0.39 is 0 Å². The minimum Gasteiger partial charge on any atom is -0.375 e. The molecule has 0 bridgehead atoms. The van der Waals surface area contributed by atoms with Gasteiger partial charge in [0.05, 0.1) is 0 Å². The number of aliphatic imine (C=N–C) groups is 1. The first kappa shape index (κ1) is 16.0. The number of hydrogen-bond acceptors (Lipinski definition) is 4. The third-order valence-electron chi connectivity index (χ3n) is 3.70. The highest BCUT2D eigenvalue weighted by Crippen LogP contribution is 2.14. The first-order valence-corrected chi connectivity index (χ1v) is 7.46. The molecule has 1 aliphatic heterocycles.